The smallest absolute Gasteiger partial charge is 0.0548 e. The maximum absolute atomic E-state index is 3.20. The van der Waals surface area contributed by atoms with Crippen LogP contribution >= 0.6 is 0 Å². The minimum absolute atomic E-state index is 0.929. The first-order valence-corrected chi connectivity index (χ1v) is 3.50. The highest BCUT2D eigenvalue weighted by Crippen LogP contribution is 2.09. The topological polar surface area (TPSA) is 27.8 Å². The molecule has 0 spiro atoms. The fourth-order valence-electron chi connectivity index (χ4n) is 1.22. The monoisotopic (exact) mass is 134 g/mol. The quantitative estimate of drug-likeness (QED) is 0.547. The van der Waals surface area contributed by atoms with Crippen molar-refractivity contribution in [2.45, 2.75) is 13.0 Å². The molecule has 0 fully saturated rings. The fraction of sp³-hybridized carbons (Fsp3) is 0.250. The van der Waals surface area contributed by atoms with Crippen molar-refractivity contribution in [1.29, 1.82) is 0 Å². The summed E-state index contributed by atoms with van der Waals surface area (Å²) in [6.45, 7) is 0.929. The molecule has 0 atom stereocenters. The second-order valence-electron chi connectivity index (χ2n) is 2.47. The summed E-state index contributed by atoms with van der Waals surface area (Å²) in [6, 6.07) is 2.13. The lowest BCUT2D eigenvalue weighted by molar-refractivity contribution is 0.846. The highest BCUT2D eigenvalue weighted by molar-refractivity contribution is 5.24. The van der Waals surface area contributed by atoms with Crippen LogP contribution in [0.2, 0.25) is 0 Å². The number of nitrogens with one attached hydrogen (secondary N) is 2. The van der Waals surface area contributed by atoms with Crippen LogP contribution in [0, 0.1) is 0 Å². The Hall–Kier alpha value is -1.18. The van der Waals surface area contributed by atoms with Crippen LogP contribution in [-0.4, -0.2) is 4.98 Å². The highest BCUT2D eigenvalue weighted by atomic mass is 14.9. The van der Waals surface area contributed by atoms with Gasteiger partial charge in [-0.3, -0.25) is 0 Å². The molecule has 52 valence electrons. The lowest BCUT2D eigenvalue weighted by atomic mass is 10.2. The maximum atomic E-state index is 3.20. The van der Waals surface area contributed by atoms with Crippen LogP contribution in [0.15, 0.2) is 24.5 Å². The van der Waals surface area contributed by atoms with Crippen molar-refractivity contribution >= 4 is 0 Å². The van der Waals surface area contributed by atoms with Crippen molar-refractivity contribution < 1.29 is 0 Å². The van der Waals surface area contributed by atoms with E-state index >= 15 is 0 Å². The maximum Gasteiger partial charge on any atom is 0.0548 e. The van der Waals surface area contributed by atoms with Gasteiger partial charge in [0.05, 0.1) is 6.54 Å². The number of rotatable bonds is 0. The number of aromatic amines is 1. The van der Waals surface area contributed by atoms with Crippen molar-refractivity contribution in [3.8, 4) is 0 Å². The normalized spacial score (nSPS) is 15.6. The zero-order valence-corrected chi connectivity index (χ0v) is 5.72. The van der Waals surface area contributed by atoms with Crippen LogP contribution in [0.5, 0.6) is 0 Å². The van der Waals surface area contributed by atoms with Gasteiger partial charge < -0.3 is 10.3 Å². The Morgan fingerprint density at radius 3 is 3.40 bits per heavy atom. The molecule has 2 N–H and O–H groups in total. The number of fused-ring (bicyclic) bond motifs is 1. The van der Waals surface area contributed by atoms with Gasteiger partial charge in [0.25, 0.3) is 0 Å². The standard InChI is InChI=1S/C8H10N2/c1-2-7-3-5-10-8(7)6-9-4-1/h1,3-5,9-10H,2,6H2. The Balaban J connectivity index is 2.37. The number of H-pyrrole nitrogens is 1. The lowest BCUT2D eigenvalue weighted by Gasteiger charge is -1.96. The molecule has 0 unspecified atom stereocenters. The van der Waals surface area contributed by atoms with E-state index in [0.717, 1.165) is 13.0 Å². The van der Waals surface area contributed by atoms with Gasteiger partial charge in [0.2, 0.25) is 0 Å². The fourth-order valence-corrected chi connectivity index (χ4v) is 1.22. The third-order valence-corrected chi connectivity index (χ3v) is 1.78. The van der Waals surface area contributed by atoms with Crippen LogP contribution in [0.4, 0.5) is 0 Å². The summed E-state index contributed by atoms with van der Waals surface area (Å²) in [5.74, 6) is 0. The van der Waals surface area contributed by atoms with Gasteiger partial charge in [0.1, 0.15) is 0 Å². The van der Waals surface area contributed by atoms with Gasteiger partial charge in [0, 0.05) is 11.9 Å². The summed E-state index contributed by atoms with van der Waals surface area (Å²) in [4.78, 5) is 3.20. The van der Waals surface area contributed by atoms with Gasteiger partial charge in [0.15, 0.2) is 0 Å². The number of hydrogen-bond acceptors (Lipinski definition) is 1. The Kier molecular flexibility index (Phi) is 1.24. The molecule has 2 heterocycles. The van der Waals surface area contributed by atoms with E-state index in [1.54, 1.807) is 0 Å². The highest BCUT2D eigenvalue weighted by Gasteiger charge is 2.02. The Bertz CT molecular complexity index is 248. The predicted molar refractivity (Wildman–Crippen MR) is 40.5 cm³/mol. The number of hydrogen-bond donors (Lipinski definition) is 2. The Morgan fingerprint density at radius 1 is 1.40 bits per heavy atom. The van der Waals surface area contributed by atoms with Crippen molar-refractivity contribution in [1.82, 2.24) is 10.3 Å². The molecule has 0 saturated heterocycles. The molecule has 1 aliphatic heterocycles. The molecule has 0 saturated carbocycles. The van der Waals surface area contributed by atoms with E-state index in [0.29, 0.717) is 0 Å². The van der Waals surface area contributed by atoms with Gasteiger partial charge in [-0.1, -0.05) is 6.08 Å². The first-order chi connectivity index (χ1) is 4.97. The molecule has 1 aromatic rings. The first kappa shape index (κ1) is 5.59. The zero-order chi connectivity index (χ0) is 6.81. The molecule has 1 aliphatic rings. The summed E-state index contributed by atoms with van der Waals surface area (Å²) in [5, 5.41) is 3.18. The van der Waals surface area contributed by atoms with Crippen LogP contribution in [0.25, 0.3) is 0 Å². The SMILES string of the molecule is C1=CNCc2[nH]ccc2C1. The zero-order valence-electron chi connectivity index (χ0n) is 5.72. The molecule has 10 heavy (non-hydrogen) atoms. The number of allylic oxidation sites excluding steroid dienone is 1. The lowest BCUT2D eigenvalue weighted by Crippen LogP contribution is -2.03. The summed E-state index contributed by atoms with van der Waals surface area (Å²) in [5.41, 5.74) is 2.71. The second kappa shape index (κ2) is 2.21. The molecule has 0 aromatic carbocycles. The van der Waals surface area contributed by atoms with Gasteiger partial charge >= 0.3 is 0 Å². The average Bonchev–Trinajstić information content (AvgIpc) is 2.28. The minimum Gasteiger partial charge on any atom is -0.386 e. The van der Waals surface area contributed by atoms with E-state index in [1.165, 1.54) is 11.3 Å². The van der Waals surface area contributed by atoms with Gasteiger partial charge in [-0.25, -0.2) is 0 Å². The Morgan fingerprint density at radius 2 is 2.40 bits per heavy atom. The minimum atomic E-state index is 0.929. The molecular weight excluding hydrogens is 124 g/mol. The van der Waals surface area contributed by atoms with Crippen LogP contribution in [0.1, 0.15) is 11.3 Å². The summed E-state index contributed by atoms with van der Waals surface area (Å²) in [6.07, 6.45) is 7.19. The molecule has 2 heteroatoms. The van der Waals surface area contributed by atoms with E-state index < -0.39 is 0 Å². The van der Waals surface area contributed by atoms with Gasteiger partial charge in [-0.05, 0) is 24.3 Å². The first-order valence-electron chi connectivity index (χ1n) is 3.50. The molecule has 1 aromatic heterocycles. The van der Waals surface area contributed by atoms with E-state index in [9.17, 15) is 0 Å². The van der Waals surface area contributed by atoms with Gasteiger partial charge in [-0.2, -0.15) is 0 Å². The van der Waals surface area contributed by atoms with E-state index in [1.807, 2.05) is 12.4 Å². The van der Waals surface area contributed by atoms with E-state index in [4.69, 9.17) is 0 Å². The summed E-state index contributed by atoms with van der Waals surface area (Å²) < 4.78 is 0. The Labute approximate surface area is 60.0 Å². The van der Waals surface area contributed by atoms with Crippen molar-refractivity contribution in [3.05, 3.63) is 35.8 Å². The molecule has 0 aliphatic carbocycles. The van der Waals surface area contributed by atoms with E-state index in [2.05, 4.69) is 22.4 Å². The number of aromatic nitrogens is 1. The van der Waals surface area contributed by atoms with E-state index in [-0.39, 0.29) is 0 Å². The van der Waals surface area contributed by atoms with Crippen LogP contribution in [0.3, 0.4) is 0 Å². The van der Waals surface area contributed by atoms with Gasteiger partial charge in [-0.15, -0.1) is 0 Å². The molecule has 0 radical (unpaired) electrons. The van der Waals surface area contributed by atoms with Crippen molar-refractivity contribution in [2.24, 2.45) is 0 Å². The van der Waals surface area contributed by atoms with Crippen LogP contribution in [-0.2, 0) is 13.0 Å². The van der Waals surface area contributed by atoms with Crippen molar-refractivity contribution in [3.63, 3.8) is 0 Å². The molecule has 0 amide bonds. The van der Waals surface area contributed by atoms with Crippen LogP contribution < -0.4 is 5.32 Å². The average molecular weight is 134 g/mol. The summed E-state index contributed by atoms with van der Waals surface area (Å²) >= 11 is 0. The second-order valence-corrected chi connectivity index (χ2v) is 2.47. The van der Waals surface area contributed by atoms with Crippen molar-refractivity contribution in [2.75, 3.05) is 0 Å². The third-order valence-electron chi connectivity index (χ3n) is 1.78. The molecule has 0 bridgehead atoms. The molecule has 2 rings (SSSR count). The third kappa shape index (κ3) is 0.817. The molecule has 2 nitrogen and oxygen atoms in total. The molecular formula is C8H10N2. The largest absolute Gasteiger partial charge is 0.386 e. The predicted octanol–water partition coefficient (Wildman–Crippen LogP) is 1.17. The summed E-state index contributed by atoms with van der Waals surface area (Å²) in [7, 11) is 0.